The van der Waals surface area contributed by atoms with Gasteiger partial charge in [0.15, 0.2) is 0 Å². The first kappa shape index (κ1) is 18.6. The van der Waals surface area contributed by atoms with Crippen LogP contribution in [0, 0.1) is 0 Å². The third-order valence-corrected chi connectivity index (χ3v) is 5.84. The van der Waals surface area contributed by atoms with Crippen molar-refractivity contribution in [2.45, 2.75) is 24.5 Å². The first-order valence-electron chi connectivity index (χ1n) is 7.01. The van der Waals surface area contributed by atoms with Gasteiger partial charge in [-0.1, -0.05) is 41.9 Å². The molecule has 1 atom stereocenters. The van der Waals surface area contributed by atoms with Gasteiger partial charge in [0.2, 0.25) is 10.0 Å². The lowest BCUT2D eigenvalue weighted by atomic mass is 10.1. The number of halogens is 3. The summed E-state index contributed by atoms with van der Waals surface area (Å²) >= 11 is 5.84. The summed E-state index contributed by atoms with van der Waals surface area (Å²) in [5.41, 5.74) is 0.826. The van der Waals surface area contributed by atoms with E-state index in [-0.39, 0.29) is 15.7 Å². The molecule has 0 spiro atoms. The van der Waals surface area contributed by atoms with E-state index >= 15 is 0 Å². The molecule has 130 valence electrons. The van der Waals surface area contributed by atoms with E-state index in [1.165, 1.54) is 17.4 Å². The first-order chi connectivity index (χ1) is 11.2. The molecule has 0 heterocycles. The molecule has 1 unspecified atom stereocenters. The van der Waals surface area contributed by atoms with Crippen LogP contribution in [-0.4, -0.2) is 26.4 Å². The molecule has 0 amide bonds. The van der Waals surface area contributed by atoms with Crippen LogP contribution in [0.15, 0.2) is 53.4 Å². The average molecular weight is 376 g/mol. The Morgan fingerprint density at radius 1 is 1.12 bits per heavy atom. The Hall–Kier alpha value is -1.70. The zero-order valence-corrected chi connectivity index (χ0v) is 14.6. The topological polar surface area (TPSA) is 46.6 Å². The normalized spacial score (nSPS) is 13.3. The van der Waals surface area contributed by atoms with Crippen molar-refractivity contribution in [2.75, 3.05) is 7.05 Å². The molecule has 0 saturated heterocycles. The number of sulfonamides is 1. The molecule has 0 N–H and O–H groups in total. The lowest BCUT2D eigenvalue weighted by Crippen LogP contribution is -2.29. The maximum absolute atomic E-state index is 12.7. The van der Waals surface area contributed by atoms with Crippen LogP contribution in [-0.2, 0) is 10.0 Å². The van der Waals surface area contributed by atoms with Crippen LogP contribution in [0.25, 0.3) is 0 Å². The van der Waals surface area contributed by atoms with Crippen molar-refractivity contribution in [3.8, 4) is 5.75 Å². The van der Waals surface area contributed by atoms with Crippen LogP contribution >= 0.6 is 11.6 Å². The van der Waals surface area contributed by atoms with E-state index in [1.54, 1.807) is 6.92 Å². The molecule has 2 rings (SSSR count). The third-order valence-electron chi connectivity index (χ3n) is 3.62. The molecular formula is C16H16ClF2NO3S. The van der Waals surface area contributed by atoms with E-state index in [9.17, 15) is 17.2 Å². The molecule has 8 heteroatoms. The second kappa shape index (κ2) is 7.46. The minimum Gasteiger partial charge on any atom is -0.433 e. The van der Waals surface area contributed by atoms with E-state index in [0.717, 1.165) is 17.7 Å². The average Bonchev–Trinajstić information content (AvgIpc) is 2.55. The van der Waals surface area contributed by atoms with Crippen LogP contribution < -0.4 is 4.74 Å². The molecule has 4 nitrogen and oxygen atoms in total. The van der Waals surface area contributed by atoms with Gasteiger partial charge in [0.1, 0.15) is 5.75 Å². The van der Waals surface area contributed by atoms with Crippen molar-refractivity contribution in [3.63, 3.8) is 0 Å². The van der Waals surface area contributed by atoms with E-state index < -0.39 is 22.7 Å². The Morgan fingerprint density at radius 2 is 1.75 bits per heavy atom. The molecule has 24 heavy (non-hydrogen) atoms. The van der Waals surface area contributed by atoms with Crippen LogP contribution in [0.3, 0.4) is 0 Å². The van der Waals surface area contributed by atoms with E-state index in [2.05, 4.69) is 4.74 Å². The first-order valence-corrected chi connectivity index (χ1v) is 8.82. The fraction of sp³-hybridized carbons (Fsp3) is 0.250. The van der Waals surface area contributed by atoms with E-state index in [1.807, 2.05) is 30.3 Å². The van der Waals surface area contributed by atoms with Gasteiger partial charge in [-0.05, 0) is 30.7 Å². The summed E-state index contributed by atoms with van der Waals surface area (Å²) in [6, 6.07) is 12.1. The zero-order chi connectivity index (χ0) is 17.9. The van der Waals surface area contributed by atoms with Crippen LogP contribution in [0.1, 0.15) is 18.5 Å². The number of hydrogen-bond donors (Lipinski definition) is 0. The van der Waals surface area contributed by atoms with E-state index in [0.29, 0.717) is 0 Å². The monoisotopic (exact) mass is 375 g/mol. The second-order valence-corrected chi connectivity index (χ2v) is 7.48. The standard InChI is InChI=1S/C16H16ClF2NO3S/c1-11(12-6-4-3-5-7-12)20(2)24(21,22)13-8-9-15(14(17)10-13)23-16(18)19/h3-11,16H,1-2H3. The van der Waals surface area contributed by atoms with Crippen molar-refractivity contribution >= 4 is 21.6 Å². The zero-order valence-electron chi connectivity index (χ0n) is 13.0. The minimum absolute atomic E-state index is 0.0978. The molecule has 0 fully saturated rings. The molecule has 0 aliphatic heterocycles. The summed E-state index contributed by atoms with van der Waals surface area (Å²) in [5.74, 6) is -0.274. The van der Waals surface area contributed by atoms with Crippen molar-refractivity contribution in [1.29, 1.82) is 0 Å². The Kier molecular flexibility index (Phi) is 5.79. The molecule has 0 aliphatic rings. The van der Waals surface area contributed by atoms with Gasteiger partial charge < -0.3 is 4.74 Å². The SMILES string of the molecule is CC(c1ccccc1)N(C)S(=O)(=O)c1ccc(OC(F)F)c(Cl)c1. The van der Waals surface area contributed by atoms with Gasteiger partial charge in [-0.2, -0.15) is 13.1 Å². The van der Waals surface area contributed by atoms with Crippen LogP contribution in [0.5, 0.6) is 5.75 Å². The maximum Gasteiger partial charge on any atom is 0.387 e. The molecule has 0 radical (unpaired) electrons. The quantitative estimate of drug-likeness (QED) is 0.755. The van der Waals surface area contributed by atoms with Crippen LogP contribution in [0.4, 0.5) is 8.78 Å². The summed E-state index contributed by atoms with van der Waals surface area (Å²) in [6.07, 6.45) is 0. The summed E-state index contributed by atoms with van der Waals surface area (Å²) in [4.78, 5) is -0.0978. The Morgan fingerprint density at radius 3 is 2.29 bits per heavy atom. The van der Waals surface area contributed by atoms with Gasteiger partial charge in [0.25, 0.3) is 0 Å². The highest BCUT2D eigenvalue weighted by Crippen LogP contribution is 2.31. The minimum atomic E-state index is -3.85. The summed E-state index contributed by atoms with van der Waals surface area (Å²) in [5, 5.41) is -0.197. The smallest absolute Gasteiger partial charge is 0.387 e. The highest BCUT2D eigenvalue weighted by Gasteiger charge is 2.27. The van der Waals surface area contributed by atoms with Gasteiger partial charge >= 0.3 is 6.61 Å². The molecule has 2 aromatic carbocycles. The maximum atomic E-state index is 12.7. The van der Waals surface area contributed by atoms with Crippen molar-refractivity contribution in [2.24, 2.45) is 0 Å². The van der Waals surface area contributed by atoms with Gasteiger partial charge in [-0.15, -0.1) is 0 Å². The van der Waals surface area contributed by atoms with Crippen LogP contribution in [0.2, 0.25) is 5.02 Å². The summed E-state index contributed by atoms with van der Waals surface area (Å²) in [6.45, 7) is -1.28. The number of ether oxygens (including phenoxy) is 1. The van der Waals surface area contributed by atoms with Crippen molar-refractivity contribution < 1.29 is 21.9 Å². The highest BCUT2D eigenvalue weighted by atomic mass is 35.5. The number of hydrogen-bond acceptors (Lipinski definition) is 3. The van der Waals surface area contributed by atoms with Gasteiger partial charge in [-0.25, -0.2) is 8.42 Å². The number of nitrogens with zero attached hydrogens (tertiary/aromatic N) is 1. The van der Waals surface area contributed by atoms with Gasteiger partial charge in [0, 0.05) is 13.1 Å². The lowest BCUT2D eigenvalue weighted by Gasteiger charge is -2.25. The van der Waals surface area contributed by atoms with Crippen molar-refractivity contribution in [1.82, 2.24) is 4.31 Å². The molecule has 0 saturated carbocycles. The summed E-state index contributed by atoms with van der Waals surface area (Å²) in [7, 11) is -2.40. The fourth-order valence-corrected chi connectivity index (χ4v) is 3.82. The Labute approximate surface area is 144 Å². The molecule has 2 aromatic rings. The predicted molar refractivity (Wildman–Crippen MR) is 87.9 cm³/mol. The molecule has 0 aliphatic carbocycles. The Balaban J connectivity index is 2.31. The summed E-state index contributed by atoms with van der Waals surface area (Å²) < 4.78 is 55.3. The van der Waals surface area contributed by atoms with Gasteiger partial charge in [-0.3, -0.25) is 0 Å². The fourth-order valence-electron chi connectivity index (χ4n) is 2.15. The number of rotatable bonds is 6. The lowest BCUT2D eigenvalue weighted by molar-refractivity contribution is -0.0498. The molecule has 0 bridgehead atoms. The van der Waals surface area contributed by atoms with Gasteiger partial charge in [0.05, 0.1) is 9.92 Å². The van der Waals surface area contributed by atoms with Crippen molar-refractivity contribution in [3.05, 3.63) is 59.1 Å². The second-order valence-electron chi connectivity index (χ2n) is 5.08. The largest absolute Gasteiger partial charge is 0.433 e. The number of benzene rings is 2. The number of alkyl halides is 2. The Bertz CT molecular complexity index is 800. The highest BCUT2D eigenvalue weighted by molar-refractivity contribution is 7.89. The van der Waals surface area contributed by atoms with E-state index in [4.69, 9.17) is 11.6 Å². The third kappa shape index (κ3) is 4.03. The predicted octanol–water partition coefficient (Wildman–Crippen LogP) is 4.32. The molecular weight excluding hydrogens is 360 g/mol. The molecule has 0 aromatic heterocycles.